The molecule has 2 fully saturated rings. The third kappa shape index (κ3) is 2.24. The van der Waals surface area contributed by atoms with E-state index in [2.05, 4.69) is 0 Å². The Morgan fingerprint density at radius 2 is 2.19 bits per heavy atom. The number of nitrogens with zero attached hydrogens (tertiary/aromatic N) is 2. The molecule has 1 heterocycles. The highest BCUT2D eigenvalue weighted by molar-refractivity contribution is 5.82. The summed E-state index contributed by atoms with van der Waals surface area (Å²) in [5.41, 5.74) is 1.34. The van der Waals surface area contributed by atoms with Crippen LogP contribution in [-0.2, 0) is 4.79 Å². The molecule has 0 amide bonds. The zero-order valence-electron chi connectivity index (χ0n) is 11.9. The zero-order valence-corrected chi connectivity index (χ0v) is 11.9. The summed E-state index contributed by atoms with van der Waals surface area (Å²) < 4.78 is 0. The van der Waals surface area contributed by atoms with Crippen molar-refractivity contribution in [2.45, 2.75) is 32.2 Å². The van der Waals surface area contributed by atoms with Crippen molar-refractivity contribution in [2.24, 2.45) is 11.8 Å². The number of carboxylic acid groups (broad SMARTS) is 1. The van der Waals surface area contributed by atoms with Gasteiger partial charge in [-0.25, -0.2) is 4.79 Å². The Morgan fingerprint density at radius 3 is 2.86 bits per heavy atom. The lowest BCUT2D eigenvalue weighted by Crippen LogP contribution is -2.40. The minimum absolute atomic E-state index is 0.00757. The molecule has 6 heteroatoms. The number of carboxylic acids is 1. The highest BCUT2D eigenvalue weighted by atomic mass is 16.6. The lowest BCUT2D eigenvalue weighted by molar-refractivity contribution is -0.384. The molecular formula is C15H18N2O4. The molecule has 0 spiro atoms. The highest BCUT2D eigenvalue weighted by Crippen LogP contribution is 2.46. The van der Waals surface area contributed by atoms with Crippen LogP contribution in [0.2, 0.25) is 0 Å². The van der Waals surface area contributed by atoms with Crippen molar-refractivity contribution in [3.63, 3.8) is 0 Å². The van der Waals surface area contributed by atoms with E-state index in [1.54, 1.807) is 17.0 Å². The van der Waals surface area contributed by atoms with Gasteiger partial charge in [-0.2, -0.15) is 0 Å². The number of anilines is 1. The third-order valence-corrected chi connectivity index (χ3v) is 4.78. The Balaban J connectivity index is 2.05. The average Bonchev–Trinajstić information content (AvgIpc) is 2.96. The lowest BCUT2D eigenvalue weighted by atomic mass is 9.94. The van der Waals surface area contributed by atoms with Gasteiger partial charge in [-0.05, 0) is 43.2 Å². The number of aryl methyl sites for hydroxylation is 1. The van der Waals surface area contributed by atoms with Crippen molar-refractivity contribution in [1.82, 2.24) is 0 Å². The van der Waals surface area contributed by atoms with E-state index in [4.69, 9.17) is 0 Å². The van der Waals surface area contributed by atoms with Gasteiger partial charge in [0.1, 0.15) is 11.7 Å². The van der Waals surface area contributed by atoms with Crippen LogP contribution in [0.5, 0.6) is 0 Å². The minimum Gasteiger partial charge on any atom is -0.480 e. The maximum Gasteiger partial charge on any atom is 0.326 e. The predicted molar refractivity (Wildman–Crippen MR) is 77.4 cm³/mol. The van der Waals surface area contributed by atoms with Crippen LogP contribution in [0, 0.1) is 28.9 Å². The van der Waals surface area contributed by atoms with Gasteiger partial charge in [0, 0.05) is 12.6 Å². The summed E-state index contributed by atoms with van der Waals surface area (Å²) in [6.07, 6.45) is 2.98. The molecule has 1 saturated heterocycles. The van der Waals surface area contributed by atoms with E-state index in [-0.39, 0.29) is 11.6 Å². The first-order chi connectivity index (χ1) is 9.99. The molecule has 1 N–H and O–H groups in total. The van der Waals surface area contributed by atoms with Gasteiger partial charge >= 0.3 is 5.97 Å². The van der Waals surface area contributed by atoms with Crippen LogP contribution in [0.4, 0.5) is 11.4 Å². The fourth-order valence-electron chi connectivity index (χ4n) is 3.89. The number of aliphatic carboxylic acids is 1. The molecule has 3 unspecified atom stereocenters. The van der Waals surface area contributed by atoms with Crippen LogP contribution in [0.15, 0.2) is 18.2 Å². The van der Waals surface area contributed by atoms with Crippen LogP contribution in [-0.4, -0.2) is 28.6 Å². The number of rotatable bonds is 3. The maximum absolute atomic E-state index is 11.7. The van der Waals surface area contributed by atoms with E-state index in [1.165, 1.54) is 6.07 Å². The summed E-state index contributed by atoms with van der Waals surface area (Å²) in [7, 11) is 0. The van der Waals surface area contributed by atoms with Crippen LogP contribution in [0.3, 0.4) is 0 Å². The van der Waals surface area contributed by atoms with Gasteiger partial charge in [0.2, 0.25) is 0 Å². The monoisotopic (exact) mass is 290 g/mol. The summed E-state index contributed by atoms with van der Waals surface area (Å²) in [5.74, 6) is -0.422. The van der Waals surface area contributed by atoms with Gasteiger partial charge in [-0.3, -0.25) is 10.1 Å². The number of benzene rings is 1. The van der Waals surface area contributed by atoms with E-state index in [0.29, 0.717) is 18.2 Å². The van der Waals surface area contributed by atoms with Crippen molar-refractivity contribution in [3.8, 4) is 0 Å². The second-order valence-electron chi connectivity index (χ2n) is 6.04. The van der Waals surface area contributed by atoms with Crippen molar-refractivity contribution < 1.29 is 14.8 Å². The Morgan fingerprint density at radius 1 is 1.43 bits per heavy atom. The van der Waals surface area contributed by atoms with Crippen molar-refractivity contribution in [3.05, 3.63) is 33.9 Å². The van der Waals surface area contributed by atoms with E-state index in [0.717, 1.165) is 24.8 Å². The van der Waals surface area contributed by atoms with Crippen LogP contribution >= 0.6 is 0 Å². The van der Waals surface area contributed by atoms with E-state index < -0.39 is 16.9 Å². The SMILES string of the molecule is Cc1ccc([N+](=O)[O-])c(N2CC3CCCC3C2C(=O)O)c1. The van der Waals surface area contributed by atoms with Crippen LogP contribution in [0.25, 0.3) is 0 Å². The topological polar surface area (TPSA) is 83.7 Å². The van der Waals surface area contributed by atoms with Crippen molar-refractivity contribution in [2.75, 3.05) is 11.4 Å². The first kappa shape index (κ1) is 13.9. The summed E-state index contributed by atoms with van der Waals surface area (Å²) in [5, 5.41) is 20.8. The standard InChI is InChI=1S/C15H18N2O4/c1-9-5-6-12(17(20)21)13(7-9)16-8-10-3-2-4-11(10)14(16)15(18)19/h5-7,10-11,14H,2-4,8H2,1H3,(H,18,19). The van der Waals surface area contributed by atoms with Crippen molar-refractivity contribution in [1.29, 1.82) is 0 Å². The Labute approximate surface area is 122 Å². The molecule has 6 nitrogen and oxygen atoms in total. The molecule has 0 bridgehead atoms. The van der Waals surface area contributed by atoms with Gasteiger partial charge in [0.15, 0.2) is 0 Å². The molecular weight excluding hydrogens is 272 g/mol. The Bertz CT molecular complexity index is 601. The molecule has 0 radical (unpaired) electrons. The molecule has 1 aliphatic carbocycles. The molecule has 0 aromatic heterocycles. The molecule has 1 aromatic rings. The molecule has 21 heavy (non-hydrogen) atoms. The van der Waals surface area contributed by atoms with Gasteiger partial charge in [-0.1, -0.05) is 12.5 Å². The molecule has 3 atom stereocenters. The highest BCUT2D eigenvalue weighted by Gasteiger charge is 2.49. The fraction of sp³-hybridized carbons (Fsp3) is 0.533. The van der Waals surface area contributed by atoms with E-state index in [9.17, 15) is 20.0 Å². The van der Waals surface area contributed by atoms with Crippen LogP contribution < -0.4 is 4.90 Å². The number of hydrogen-bond donors (Lipinski definition) is 1. The summed E-state index contributed by atoms with van der Waals surface area (Å²) >= 11 is 0. The number of nitro benzene ring substituents is 1. The first-order valence-corrected chi connectivity index (χ1v) is 7.23. The van der Waals surface area contributed by atoms with Gasteiger partial charge in [0.05, 0.1) is 4.92 Å². The summed E-state index contributed by atoms with van der Waals surface area (Å²) in [6, 6.07) is 4.25. The molecule has 2 aliphatic rings. The van der Waals surface area contributed by atoms with E-state index in [1.807, 2.05) is 6.92 Å². The molecule has 1 aromatic carbocycles. The minimum atomic E-state index is -0.875. The fourth-order valence-corrected chi connectivity index (χ4v) is 3.89. The average molecular weight is 290 g/mol. The van der Waals surface area contributed by atoms with Gasteiger partial charge in [-0.15, -0.1) is 0 Å². The normalized spacial score (nSPS) is 27.7. The molecule has 1 aliphatic heterocycles. The van der Waals surface area contributed by atoms with Crippen LogP contribution in [0.1, 0.15) is 24.8 Å². The summed E-state index contributed by atoms with van der Waals surface area (Å²) in [6.45, 7) is 2.46. The molecule has 3 rings (SSSR count). The number of carbonyl (C=O) groups is 1. The summed E-state index contributed by atoms with van der Waals surface area (Å²) in [4.78, 5) is 24.2. The molecule has 1 saturated carbocycles. The van der Waals surface area contributed by atoms with Gasteiger partial charge < -0.3 is 10.0 Å². The van der Waals surface area contributed by atoms with Crippen molar-refractivity contribution >= 4 is 17.3 Å². The largest absolute Gasteiger partial charge is 0.480 e. The Hall–Kier alpha value is -2.11. The number of nitro groups is 1. The smallest absolute Gasteiger partial charge is 0.326 e. The lowest BCUT2D eigenvalue weighted by Gasteiger charge is -2.26. The zero-order chi connectivity index (χ0) is 15.1. The number of fused-ring (bicyclic) bond motifs is 1. The van der Waals surface area contributed by atoms with E-state index >= 15 is 0 Å². The number of hydrogen-bond acceptors (Lipinski definition) is 4. The second kappa shape index (κ2) is 5.02. The second-order valence-corrected chi connectivity index (χ2v) is 6.04. The molecule has 112 valence electrons. The third-order valence-electron chi connectivity index (χ3n) is 4.78. The Kier molecular flexibility index (Phi) is 3.31. The quantitative estimate of drug-likeness (QED) is 0.683. The predicted octanol–water partition coefficient (Wildman–Crippen LogP) is 2.59. The first-order valence-electron chi connectivity index (χ1n) is 7.23. The maximum atomic E-state index is 11.7. The van der Waals surface area contributed by atoms with Gasteiger partial charge in [0.25, 0.3) is 5.69 Å².